The third-order valence-corrected chi connectivity index (χ3v) is 2.61. The van der Waals surface area contributed by atoms with Gasteiger partial charge in [0.25, 0.3) is 0 Å². The summed E-state index contributed by atoms with van der Waals surface area (Å²) in [6.07, 6.45) is 6.01. The Hall–Kier alpha value is -0.120. The van der Waals surface area contributed by atoms with Gasteiger partial charge in [-0.05, 0) is 19.8 Å². The molecule has 1 aliphatic carbocycles. The highest BCUT2D eigenvalue weighted by molar-refractivity contribution is 4.86. The van der Waals surface area contributed by atoms with E-state index in [0.29, 0.717) is 20.0 Å². The van der Waals surface area contributed by atoms with Crippen LogP contribution in [-0.2, 0) is 9.47 Å². The molecule has 1 rings (SSSR count). The van der Waals surface area contributed by atoms with Gasteiger partial charge >= 0.3 is 0 Å². The van der Waals surface area contributed by atoms with E-state index in [1.165, 1.54) is 19.3 Å². The van der Waals surface area contributed by atoms with Crippen LogP contribution in [0.3, 0.4) is 0 Å². The quantitative estimate of drug-likeness (QED) is 0.526. The van der Waals surface area contributed by atoms with Gasteiger partial charge in [0.05, 0.1) is 6.61 Å². The van der Waals surface area contributed by atoms with E-state index in [1.807, 2.05) is 6.92 Å². The normalized spacial score (nSPS) is 21.7. The van der Waals surface area contributed by atoms with Gasteiger partial charge in [-0.15, -0.1) is 0 Å². The summed E-state index contributed by atoms with van der Waals surface area (Å²) >= 11 is 0. The molecule has 0 heterocycles. The maximum atomic E-state index is 6.16. The fourth-order valence-electron chi connectivity index (χ4n) is 1.79. The first-order valence-electron chi connectivity index (χ1n) is 5.21. The Morgan fingerprint density at radius 2 is 1.85 bits per heavy atom. The number of nitrogens with two attached hydrogens (primary N) is 1. The summed E-state index contributed by atoms with van der Waals surface area (Å²) in [5, 5.41) is 0. The minimum absolute atomic E-state index is 0.0741. The predicted octanol–water partition coefficient (Wildman–Crippen LogP) is 1.66. The van der Waals surface area contributed by atoms with Crippen LogP contribution in [0.5, 0.6) is 0 Å². The van der Waals surface area contributed by atoms with E-state index in [0.717, 1.165) is 12.8 Å². The van der Waals surface area contributed by atoms with E-state index < -0.39 is 0 Å². The molecule has 0 atom stereocenters. The molecule has 0 aromatic heterocycles. The lowest BCUT2D eigenvalue weighted by Gasteiger charge is -2.32. The maximum Gasteiger partial charge on any atom is 0.146 e. The fourth-order valence-corrected chi connectivity index (χ4v) is 1.79. The van der Waals surface area contributed by atoms with Crippen molar-refractivity contribution >= 4 is 0 Å². The number of hydrogen-bond acceptors (Lipinski definition) is 3. The highest BCUT2D eigenvalue weighted by Gasteiger charge is 2.27. The second-order valence-corrected chi connectivity index (χ2v) is 3.88. The molecule has 0 saturated heterocycles. The second kappa shape index (κ2) is 5.58. The van der Waals surface area contributed by atoms with Crippen LogP contribution < -0.4 is 5.73 Å². The van der Waals surface area contributed by atoms with Gasteiger partial charge in [-0.2, -0.15) is 0 Å². The minimum Gasteiger partial charge on any atom is -0.356 e. The van der Waals surface area contributed by atoms with Crippen LogP contribution in [0.4, 0.5) is 0 Å². The summed E-state index contributed by atoms with van der Waals surface area (Å²) in [7, 11) is 0. The molecule has 0 aliphatic heterocycles. The van der Waals surface area contributed by atoms with Crippen LogP contribution in [0.15, 0.2) is 0 Å². The van der Waals surface area contributed by atoms with Crippen molar-refractivity contribution in [1.29, 1.82) is 0 Å². The van der Waals surface area contributed by atoms with Gasteiger partial charge < -0.3 is 15.2 Å². The number of rotatable bonds is 5. The van der Waals surface area contributed by atoms with Crippen LogP contribution >= 0.6 is 0 Å². The summed E-state index contributed by atoms with van der Waals surface area (Å²) in [5.41, 5.74) is 6.09. The third-order valence-electron chi connectivity index (χ3n) is 2.61. The molecule has 0 amide bonds. The lowest BCUT2D eigenvalue weighted by Crippen LogP contribution is -2.46. The lowest BCUT2D eigenvalue weighted by molar-refractivity contribution is -0.0683. The molecule has 13 heavy (non-hydrogen) atoms. The van der Waals surface area contributed by atoms with Crippen molar-refractivity contribution in [3.8, 4) is 0 Å². The van der Waals surface area contributed by atoms with Crippen molar-refractivity contribution in [2.75, 3.05) is 20.0 Å². The Bertz CT molecular complexity index is 133. The van der Waals surface area contributed by atoms with E-state index in [9.17, 15) is 0 Å². The Morgan fingerprint density at radius 3 is 2.46 bits per heavy atom. The molecule has 3 nitrogen and oxygen atoms in total. The molecule has 0 radical (unpaired) electrons. The van der Waals surface area contributed by atoms with Crippen LogP contribution in [-0.4, -0.2) is 25.5 Å². The van der Waals surface area contributed by atoms with Gasteiger partial charge in [-0.3, -0.25) is 0 Å². The van der Waals surface area contributed by atoms with Crippen LogP contribution in [0.1, 0.15) is 39.0 Å². The molecule has 0 aromatic rings. The van der Waals surface area contributed by atoms with Crippen molar-refractivity contribution in [3.05, 3.63) is 0 Å². The minimum atomic E-state index is -0.0741. The number of ether oxygens (including phenoxy) is 2. The molecule has 0 spiro atoms. The Morgan fingerprint density at radius 1 is 1.15 bits per heavy atom. The zero-order chi connectivity index (χ0) is 9.57. The van der Waals surface area contributed by atoms with Gasteiger partial charge in [0.2, 0.25) is 0 Å². The maximum absolute atomic E-state index is 6.16. The van der Waals surface area contributed by atoms with Gasteiger partial charge in [0, 0.05) is 12.1 Å². The molecule has 78 valence electrons. The largest absolute Gasteiger partial charge is 0.356 e. The molecule has 1 saturated carbocycles. The van der Waals surface area contributed by atoms with Crippen molar-refractivity contribution in [3.63, 3.8) is 0 Å². The fraction of sp³-hybridized carbons (Fsp3) is 1.00. The zero-order valence-corrected chi connectivity index (χ0v) is 8.55. The SMILES string of the molecule is CCOCOCC1(N)CCCCC1. The summed E-state index contributed by atoms with van der Waals surface area (Å²) in [6, 6.07) is 0. The Kier molecular flexibility index (Phi) is 4.70. The van der Waals surface area contributed by atoms with Crippen molar-refractivity contribution < 1.29 is 9.47 Å². The summed E-state index contributed by atoms with van der Waals surface area (Å²) < 4.78 is 10.5. The molecule has 1 aliphatic rings. The molecule has 0 unspecified atom stereocenters. The molecule has 0 aromatic carbocycles. The first-order chi connectivity index (χ1) is 6.27. The van der Waals surface area contributed by atoms with Crippen LogP contribution in [0, 0.1) is 0 Å². The van der Waals surface area contributed by atoms with E-state index in [2.05, 4.69) is 0 Å². The monoisotopic (exact) mass is 187 g/mol. The Balaban J connectivity index is 2.10. The van der Waals surface area contributed by atoms with Gasteiger partial charge in [-0.25, -0.2) is 0 Å². The van der Waals surface area contributed by atoms with Crippen molar-refractivity contribution in [1.82, 2.24) is 0 Å². The highest BCUT2D eigenvalue weighted by Crippen LogP contribution is 2.25. The molecular weight excluding hydrogens is 166 g/mol. The van der Waals surface area contributed by atoms with E-state index in [1.54, 1.807) is 0 Å². The van der Waals surface area contributed by atoms with Crippen molar-refractivity contribution in [2.24, 2.45) is 5.73 Å². The van der Waals surface area contributed by atoms with E-state index in [4.69, 9.17) is 15.2 Å². The first kappa shape index (κ1) is 11.0. The highest BCUT2D eigenvalue weighted by atomic mass is 16.7. The zero-order valence-electron chi connectivity index (χ0n) is 8.55. The average molecular weight is 187 g/mol. The molecular formula is C10H21NO2. The first-order valence-corrected chi connectivity index (χ1v) is 5.21. The molecule has 1 fully saturated rings. The molecule has 0 bridgehead atoms. The lowest BCUT2D eigenvalue weighted by atomic mass is 9.83. The van der Waals surface area contributed by atoms with E-state index >= 15 is 0 Å². The second-order valence-electron chi connectivity index (χ2n) is 3.88. The standard InChI is InChI=1S/C10H21NO2/c1-2-12-9-13-8-10(11)6-4-3-5-7-10/h2-9,11H2,1H3. The Labute approximate surface area is 80.6 Å². The molecule has 2 N–H and O–H groups in total. The summed E-state index contributed by atoms with van der Waals surface area (Å²) in [6.45, 7) is 3.70. The van der Waals surface area contributed by atoms with Crippen LogP contribution in [0.25, 0.3) is 0 Å². The van der Waals surface area contributed by atoms with Gasteiger partial charge in [0.15, 0.2) is 0 Å². The predicted molar refractivity (Wildman–Crippen MR) is 52.4 cm³/mol. The average Bonchev–Trinajstić information content (AvgIpc) is 2.14. The number of hydrogen-bond donors (Lipinski definition) is 1. The third kappa shape index (κ3) is 4.07. The van der Waals surface area contributed by atoms with Gasteiger partial charge in [-0.1, -0.05) is 19.3 Å². The summed E-state index contributed by atoms with van der Waals surface area (Å²) in [4.78, 5) is 0. The summed E-state index contributed by atoms with van der Waals surface area (Å²) in [5.74, 6) is 0. The smallest absolute Gasteiger partial charge is 0.146 e. The van der Waals surface area contributed by atoms with E-state index in [-0.39, 0.29) is 5.54 Å². The topological polar surface area (TPSA) is 44.5 Å². The van der Waals surface area contributed by atoms with Crippen LogP contribution in [0.2, 0.25) is 0 Å². The molecule has 3 heteroatoms. The van der Waals surface area contributed by atoms with Gasteiger partial charge in [0.1, 0.15) is 6.79 Å². The van der Waals surface area contributed by atoms with Crippen molar-refractivity contribution in [2.45, 2.75) is 44.6 Å².